The van der Waals surface area contributed by atoms with E-state index in [1.54, 1.807) is 0 Å². The van der Waals surface area contributed by atoms with Crippen LogP contribution in [0.1, 0.15) is 24.2 Å². The molecule has 1 saturated heterocycles. The van der Waals surface area contributed by atoms with Gasteiger partial charge in [-0.05, 0) is 38.8 Å². The fourth-order valence-electron chi connectivity index (χ4n) is 2.64. The molecule has 3 heterocycles. The zero-order valence-corrected chi connectivity index (χ0v) is 12.8. The van der Waals surface area contributed by atoms with Crippen molar-refractivity contribution < 1.29 is 4.79 Å². The predicted molar refractivity (Wildman–Crippen MR) is 83.7 cm³/mol. The standard InChI is InChI=1S/C15H20N6O/c1-10-3-4-14(20-17-10)21-7-5-12(6-8-21)15(22)16-13-9-11(2)18-19-13/h3-4,9,12H,5-8H2,1-2H3,(H2,16,18,19,22). The summed E-state index contributed by atoms with van der Waals surface area (Å²) in [4.78, 5) is 14.4. The molecule has 1 fully saturated rings. The van der Waals surface area contributed by atoms with Crippen molar-refractivity contribution in [1.82, 2.24) is 20.4 Å². The maximum absolute atomic E-state index is 12.3. The first-order chi connectivity index (χ1) is 10.6. The highest BCUT2D eigenvalue weighted by molar-refractivity contribution is 5.91. The number of piperidine rings is 1. The summed E-state index contributed by atoms with van der Waals surface area (Å²) in [6, 6.07) is 5.77. The first-order valence-corrected chi connectivity index (χ1v) is 7.50. The van der Waals surface area contributed by atoms with Gasteiger partial charge in [-0.3, -0.25) is 9.89 Å². The van der Waals surface area contributed by atoms with Gasteiger partial charge in [0.25, 0.3) is 0 Å². The lowest BCUT2D eigenvalue weighted by Gasteiger charge is -2.31. The van der Waals surface area contributed by atoms with Crippen LogP contribution in [0.4, 0.5) is 11.6 Å². The summed E-state index contributed by atoms with van der Waals surface area (Å²) in [5.41, 5.74) is 1.84. The van der Waals surface area contributed by atoms with Crippen LogP contribution in [0.5, 0.6) is 0 Å². The Labute approximate surface area is 129 Å². The van der Waals surface area contributed by atoms with Crippen molar-refractivity contribution in [2.24, 2.45) is 5.92 Å². The van der Waals surface area contributed by atoms with Crippen molar-refractivity contribution in [2.45, 2.75) is 26.7 Å². The Morgan fingerprint density at radius 1 is 1.27 bits per heavy atom. The second-order valence-electron chi connectivity index (χ2n) is 5.72. The highest BCUT2D eigenvalue weighted by Gasteiger charge is 2.26. The molecule has 0 unspecified atom stereocenters. The fourth-order valence-corrected chi connectivity index (χ4v) is 2.64. The van der Waals surface area contributed by atoms with E-state index in [4.69, 9.17) is 0 Å². The first-order valence-electron chi connectivity index (χ1n) is 7.50. The summed E-state index contributed by atoms with van der Waals surface area (Å²) in [5, 5.41) is 18.0. The summed E-state index contributed by atoms with van der Waals surface area (Å²) in [5.74, 6) is 1.54. The number of carbonyl (C=O) groups is 1. The van der Waals surface area contributed by atoms with Gasteiger partial charge in [0.2, 0.25) is 5.91 Å². The van der Waals surface area contributed by atoms with Gasteiger partial charge in [0, 0.05) is 30.8 Å². The zero-order valence-electron chi connectivity index (χ0n) is 12.8. The van der Waals surface area contributed by atoms with E-state index in [0.29, 0.717) is 5.82 Å². The van der Waals surface area contributed by atoms with E-state index in [2.05, 4.69) is 30.6 Å². The number of rotatable bonds is 3. The van der Waals surface area contributed by atoms with Gasteiger partial charge in [0.15, 0.2) is 11.6 Å². The molecular formula is C15H20N6O. The minimum Gasteiger partial charge on any atom is -0.355 e. The third-order valence-corrected chi connectivity index (χ3v) is 3.93. The molecule has 3 rings (SSSR count). The number of hydrogen-bond donors (Lipinski definition) is 2. The molecule has 116 valence electrons. The van der Waals surface area contributed by atoms with Crippen LogP contribution in [0.15, 0.2) is 18.2 Å². The number of aryl methyl sites for hydroxylation is 2. The van der Waals surface area contributed by atoms with Crippen molar-refractivity contribution in [3.05, 3.63) is 29.6 Å². The van der Waals surface area contributed by atoms with Crippen LogP contribution >= 0.6 is 0 Å². The van der Waals surface area contributed by atoms with Gasteiger partial charge < -0.3 is 10.2 Å². The molecule has 0 radical (unpaired) electrons. The lowest BCUT2D eigenvalue weighted by Crippen LogP contribution is -2.38. The van der Waals surface area contributed by atoms with Crippen molar-refractivity contribution in [1.29, 1.82) is 0 Å². The monoisotopic (exact) mass is 300 g/mol. The Kier molecular flexibility index (Phi) is 4.04. The average Bonchev–Trinajstić information content (AvgIpc) is 2.93. The number of amides is 1. The van der Waals surface area contributed by atoms with Crippen LogP contribution < -0.4 is 10.2 Å². The Hall–Kier alpha value is -2.44. The van der Waals surface area contributed by atoms with E-state index in [1.807, 2.05) is 32.0 Å². The second-order valence-corrected chi connectivity index (χ2v) is 5.72. The minimum absolute atomic E-state index is 0.0201. The topological polar surface area (TPSA) is 86.8 Å². The molecule has 0 spiro atoms. The predicted octanol–water partition coefficient (Wildman–Crippen LogP) is 1.67. The molecule has 2 N–H and O–H groups in total. The summed E-state index contributed by atoms with van der Waals surface area (Å²) in [6.45, 7) is 5.46. The van der Waals surface area contributed by atoms with Crippen LogP contribution in [0.2, 0.25) is 0 Å². The number of carbonyl (C=O) groups excluding carboxylic acids is 1. The molecule has 7 nitrogen and oxygen atoms in total. The summed E-state index contributed by atoms with van der Waals surface area (Å²) in [7, 11) is 0. The van der Waals surface area contributed by atoms with E-state index in [-0.39, 0.29) is 11.8 Å². The molecule has 7 heteroatoms. The highest BCUT2D eigenvalue weighted by atomic mass is 16.2. The molecule has 1 aliphatic rings. The summed E-state index contributed by atoms with van der Waals surface area (Å²) < 4.78 is 0. The molecule has 1 aliphatic heterocycles. The summed E-state index contributed by atoms with van der Waals surface area (Å²) in [6.07, 6.45) is 1.62. The molecule has 2 aromatic heterocycles. The number of nitrogens with one attached hydrogen (secondary N) is 2. The molecule has 0 atom stereocenters. The molecule has 1 amide bonds. The first kappa shape index (κ1) is 14.5. The van der Waals surface area contributed by atoms with Gasteiger partial charge in [-0.25, -0.2) is 0 Å². The van der Waals surface area contributed by atoms with Gasteiger partial charge >= 0.3 is 0 Å². The Bertz CT molecular complexity index is 642. The minimum atomic E-state index is 0.0201. The number of anilines is 2. The quantitative estimate of drug-likeness (QED) is 0.900. The maximum atomic E-state index is 12.3. The number of nitrogens with zero attached hydrogens (tertiary/aromatic N) is 4. The van der Waals surface area contributed by atoms with E-state index in [9.17, 15) is 4.79 Å². The molecule has 0 aliphatic carbocycles. The molecule has 0 saturated carbocycles. The Balaban J connectivity index is 1.54. The van der Waals surface area contributed by atoms with Crippen LogP contribution in [0.25, 0.3) is 0 Å². The Morgan fingerprint density at radius 2 is 2.05 bits per heavy atom. The third-order valence-electron chi connectivity index (χ3n) is 3.93. The van der Waals surface area contributed by atoms with Crippen molar-refractivity contribution in [3.63, 3.8) is 0 Å². The van der Waals surface area contributed by atoms with Crippen LogP contribution in [-0.4, -0.2) is 39.4 Å². The van der Waals surface area contributed by atoms with Crippen LogP contribution in [-0.2, 0) is 4.79 Å². The van der Waals surface area contributed by atoms with E-state index < -0.39 is 0 Å². The SMILES string of the molecule is Cc1ccc(N2CCC(C(=O)Nc3cc(C)[nH]n3)CC2)nn1. The van der Waals surface area contributed by atoms with Crippen molar-refractivity contribution >= 4 is 17.5 Å². The lowest BCUT2D eigenvalue weighted by atomic mass is 9.96. The maximum Gasteiger partial charge on any atom is 0.228 e. The van der Waals surface area contributed by atoms with Gasteiger partial charge in [-0.1, -0.05) is 0 Å². The molecule has 0 bridgehead atoms. The molecular weight excluding hydrogens is 280 g/mol. The van der Waals surface area contributed by atoms with Crippen molar-refractivity contribution in [2.75, 3.05) is 23.3 Å². The third kappa shape index (κ3) is 3.24. The van der Waals surface area contributed by atoms with E-state index in [1.165, 1.54) is 0 Å². The van der Waals surface area contributed by atoms with Gasteiger partial charge in [-0.15, -0.1) is 5.10 Å². The Morgan fingerprint density at radius 3 is 2.64 bits per heavy atom. The van der Waals surface area contributed by atoms with Gasteiger partial charge in [-0.2, -0.15) is 10.2 Å². The van der Waals surface area contributed by atoms with Crippen molar-refractivity contribution in [3.8, 4) is 0 Å². The number of aromatic amines is 1. The van der Waals surface area contributed by atoms with Crippen LogP contribution in [0.3, 0.4) is 0 Å². The fraction of sp³-hybridized carbons (Fsp3) is 0.467. The second kappa shape index (κ2) is 6.13. The number of aromatic nitrogens is 4. The zero-order chi connectivity index (χ0) is 15.5. The normalized spacial score (nSPS) is 15.8. The average molecular weight is 300 g/mol. The summed E-state index contributed by atoms with van der Waals surface area (Å²) >= 11 is 0. The number of hydrogen-bond acceptors (Lipinski definition) is 5. The number of H-pyrrole nitrogens is 1. The lowest BCUT2D eigenvalue weighted by molar-refractivity contribution is -0.120. The van der Waals surface area contributed by atoms with E-state index >= 15 is 0 Å². The molecule has 2 aromatic rings. The van der Waals surface area contributed by atoms with Gasteiger partial charge in [0.1, 0.15) is 0 Å². The largest absolute Gasteiger partial charge is 0.355 e. The van der Waals surface area contributed by atoms with Gasteiger partial charge in [0.05, 0.1) is 5.69 Å². The smallest absolute Gasteiger partial charge is 0.228 e. The molecule has 22 heavy (non-hydrogen) atoms. The van der Waals surface area contributed by atoms with E-state index in [0.717, 1.165) is 43.1 Å². The highest BCUT2D eigenvalue weighted by Crippen LogP contribution is 2.22. The molecule has 0 aromatic carbocycles. The van der Waals surface area contributed by atoms with Crippen LogP contribution in [0, 0.1) is 19.8 Å².